The molecular formula is C22H30N4O3S. The van der Waals surface area contributed by atoms with Crippen LogP contribution >= 0.6 is 11.3 Å². The number of nitrogens with zero attached hydrogens (tertiary/aromatic N) is 2. The third-order valence-electron chi connectivity index (χ3n) is 6.85. The summed E-state index contributed by atoms with van der Waals surface area (Å²) in [6.07, 6.45) is 7.41. The molecular weight excluding hydrogens is 400 g/mol. The van der Waals surface area contributed by atoms with Crippen LogP contribution in [0, 0.1) is 29.1 Å². The van der Waals surface area contributed by atoms with Gasteiger partial charge in [0, 0.05) is 18.8 Å². The van der Waals surface area contributed by atoms with Crippen LogP contribution in [-0.2, 0) is 16.1 Å². The molecule has 1 heterocycles. The van der Waals surface area contributed by atoms with Gasteiger partial charge in [-0.2, -0.15) is 0 Å². The monoisotopic (exact) mass is 430 g/mol. The second kappa shape index (κ2) is 8.23. The average molecular weight is 431 g/mol. The molecule has 1 spiro atoms. The Morgan fingerprint density at radius 3 is 2.30 bits per heavy atom. The Hall–Kier alpha value is -2.06. The van der Waals surface area contributed by atoms with Crippen molar-refractivity contribution in [2.75, 3.05) is 27.2 Å². The molecule has 8 heteroatoms. The van der Waals surface area contributed by atoms with Crippen LogP contribution in [0.4, 0.5) is 0 Å². The molecule has 2 bridgehead atoms. The standard InChI is InChI=1S/C22H30N4O3S/c1-13(27)16-12-30-17(25-16)11-24-21(29)19-15-6-5-14(22(15)7-8-22)18(19)20(28)23-9-4-10-26(2)3/h5-6,12,14-15,18-19H,4,7-11H2,1-3H3,(H,23,28)(H,24,29)/t14-,15-,18-,19-/m1/s1. The normalized spacial score (nSPS) is 27.6. The summed E-state index contributed by atoms with van der Waals surface area (Å²) in [5.74, 6) is -0.477. The summed E-state index contributed by atoms with van der Waals surface area (Å²) in [5, 5.41) is 8.49. The maximum absolute atomic E-state index is 13.2. The molecule has 0 unspecified atom stereocenters. The van der Waals surface area contributed by atoms with Crippen molar-refractivity contribution in [3.05, 3.63) is 28.2 Å². The number of nitrogens with one attached hydrogen (secondary N) is 2. The molecule has 3 aliphatic carbocycles. The molecule has 162 valence electrons. The summed E-state index contributed by atoms with van der Waals surface area (Å²) >= 11 is 1.37. The zero-order valence-electron chi connectivity index (χ0n) is 17.8. The van der Waals surface area contributed by atoms with Gasteiger partial charge in [-0.25, -0.2) is 4.98 Å². The van der Waals surface area contributed by atoms with Crippen LogP contribution in [0.5, 0.6) is 0 Å². The van der Waals surface area contributed by atoms with Gasteiger partial charge in [-0.1, -0.05) is 12.2 Å². The first-order valence-electron chi connectivity index (χ1n) is 10.7. The highest BCUT2D eigenvalue weighted by Gasteiger charge is 2.69. The van der Waals surface area contributed by atoms with Gasteiger partial charge in [0.15, 0.2) is 5.78 Å². The van der Waals surface area contributed by atoms with Crippen molar-refractivity contribution in [1.29, 1.82) is 0 Å². The Labute approximate surface area is 181 Å². The molecule has 2 saturated carbocycles. The van der Waals surface area contributed by atoms with E-state index in [0.717, 1.165) is 25.8 Å². The number of hydrogen-bond acceptors (Lipinski definition) is 6. The van der Waals surface area contributed by atoms with E-state index in [1.165, 1.54) is 18.3 Å². The van der Waals surface area contributed by atoms with E-state index < -0.39 is 0 Å². The van der Waals surface area contributed by atoms with Crippen LogP contribution in [0.3, 0.4) is 0 Å². The first kappa shape index (κ1) is 21.2. The van der Waals surface area contributed by atoms with Crippen LogP contribution in [0.25, 0.3) is 0 Å². The predicted molar refractivity (Wildman–Crippen MR) is 115 cm³/mol. The minimum atomic E-state index is -0.330. The van der Waals surface area contributed by atoms with Crippen LogP contribution in [-0.4, -0.2) is 54.7 Å². The molecule has 7 nitrogen and oxygen atoms in total. The summed E-state index contributed by atoms with van der Waals surface area (Å²) in [4.78, 5) is 44.1. The third kappa shape index (κ3) is 3.83. The van der Waals surface area contributed by atoms with Crippen LogP contribution < -0.4 is 10.6 Å². The van der Waals surface area contributed by atoms with E-state index in [1.807, 2.05) is 14.1 Å². The minimum Gasteiger partial charge on any atom is -0.356 e. The lowest BCUT2D eigenvalue weighted by molar-refractivity contribution is -0.135. The zero-order chi connectivity index (χ0) is 21.5. The van der Waals surface area contributed by atoms with E-state index in [2.05, 4.69) is 32.7 Å². The number of amides is 2. The SMILES string of the molecule is CC(=O)c1csc(CNC(=O)[C@H]2[C@H](C(=O)NCCCN(C)C)[C@H]3C=C[C@H]2C32CC2)n1. The summed E-state index contributed by atoms with van der Waals surface area (Å²) in [6.45, 7) is 3.32. The zero-order valence-corrected chi connectivity index (χ0v) is 18.6. The molecule has 2 N–H and O–H groups in total. The molecule has 1 aromatic heterocycles. The number of aromatic nitrogens is 1. The van der Waals surface area contributed by atoms with Crippen LogP contribution in [0.2, 0.25) is 0 Å². The number of rotatable bonds is 9. The van der Waals surface area contributed by atoms with Gasteiger partial charge >= 0.3 is 0 Å². The fourth-order valence-corrected chi connectivity index (χ4v) is 6.04. The van der Waals surface area contributed by atoms with Gasteiger partial charge in [-0.3, -0.25) is 14.4 Å². The number of hydrogen-bond donors (Lipinski definition) is 2. The van der Waals surface area contributed by atoms with E-state index in [-0.39, 0.29) is 46.7 Å². The van der Waals surface area contributed by atoms with Crippen molar-refractivity contribution < 1.29 is 14.4 Å². The van der Waals surface area contributed by atoms with E-state index in [1.54, 1.807) is 5.38 Å². The van der Waals surface area contributed by atoms with Crippen LogP contribution in [0.15, 0.2) is 17.5 Å². The van der Waals surface area contributed by atoms with Crippen LogP contribution in [0.1, 0.15) is 41.7 Å². The van der Waals surface area contributed by atoms with Gasteiger partial charge in [-0.15, -0.1) is 11.3 Å². The summed E-state index contributed by atoms with van der Waals surface area (Å²) in [5.41, 5.74) is 0.551. The lowest BCUT2D eigenvalue weighted by Crippen LogP contribution is -2.44. The molecule has 3 aliphatic rings. The average Bonchev–Trinajstić information content (AvgIpc) is 3.11. The fourth-order valence-electron chi connectivity index (χ4n) is 5.27. The van der Waals surface area contributed by atoms with Gasteiger partial charge in [0.1, 0.15) is 10.7 Å². The van der Waals surface area contributed by atoms with E-state index in [0.29, 0.717) is 23.8 Å². The molecule has 1 aromatic rings. The van der Waals surface area contributed by atoms with Crippen molar-refractivity contribution in [3.63, 3.8) is 0 Å². The fraction of sp³-hybridized carbons (Fsp3) is 0.636. The molecule has 2 amide bonds. The second-order valence-corrected chi connectivity index (χ2v) is 10.0. The number of thiazole rings is 1. The van der Waals surface area contributed by atoms with Crippen molar-refractivity contribution in [2.45, 2.75) is 32.7 Å². The molecule has 4 rings (SSSR count). The third-order valence-corrected chi connectivity index (χ3v) is 7.70. The summed E-state index contributed by atoms with van der Waals surface area (Å²) < 4.78 is 0. The van der Waals surface area contributed by atoms with Gasteiger partial charge in [0.2, 0.25) is 11.8 Å². The Kier molecular flexibility index (Phi) is 5.81. The summed E-state index contributed by atoms with van der Waals surface area (Å²) in [6, 6.07) is 0. The van der Waals surface area contributed by atoms with Gasteiger partial charge in [0.05, 0.1) is 18.4 Å². The lowest BCUT2D eigenvalue weighted by atomic mass is 9.81. The van der Waals surface area contributed by atoms with Crippen molar-refractivity contribution in [1.82, 2.24) is 20.5 Å². The number of carbonyl (C=O) groups is 3. The highest BCUT2D eigenvalue weighted by Crippen LogP contribution is 2.72. The second-order valence-electron chi connectivity index (χ2n) is 9.07. The molecule has 0 radical (unpaired) electrons. The molecule has 0 saturated heterocycles. The molecule has 4 atom stereocenters. The minimum absolute atomic E-state index is 0.00476. The van der Waals surface area contributed by atoms with Crippen molar-refractivity contribution in [2.24, 2.45) is 29.1 Å². The maximum Gasteiger partial charge on any atom is 0.224 e. The van der Waals surface area contributed by atoms with Gasteiger partial charge in [-0.05, 0) is 57.2 Å². The molecule has 2 fully saturated rings. The quantitative estimate of drug-likeness (QED) is 0.354. The van der Waals surface area contributed by atoms with Crippen molar-refractivity contribution in [3.8, 4) is 0 Å². The Morgan fingerprint density at radius 2 is 1.77 bits per heavy atom. The topological polar surface area (TPSA) is 91.4 Å². The van der Waals surface area contributed by atoms with E-state index in [9.17, 15) is 14.4 Å². The smallest absolute Gasteiger partial charge is 0.224 e. The Morgan fingerprint density at radius 1 is 1.13 bits per heavy atom. The number of ketones is 1. The van der Waals surface area contributed by atoms with Crippen molar-refractivity contribution >= 4 is 28.9 Å². The van der Waals surface area contributed by atoms with Gasteiger partial charge < -0.3 is 15.5 Å². The first-order valence-corrected chi connectivity index (χ1v) is 11.6. The molecule has 0 aliphatic heterocycles. The highest BCUT2D eigenvalue weighted by atomic mass is 32.1. The summed E-state index contributed by atoms with van der Waals surface area (Å²) in [7, 11) is 4.03. The lowest BCUT2D eigenvalue weighted by Gasteiger charge is -2.26. The number of carbonyl (C=O) groups excluding carboxylic acids is 3. The maximum atomic E-state index is 13.2. The largest absolute Gasteiger partial charge is 0.356 e. The number of Topliss-reactive ketones (excluding diaryl/α,β-unsaturated/α-hetero) is 1. The first-order chi connectivity index (χ1) is 14.3. The molecule has 0 aromatic carbocycles. The van der Waals surface area contributed by atoms with Gasteiger partial charge in [0.25, 0.3) is 0 Å². The van der Waals surface area contributed by atoms with E-state index in [4.69, 9.17) is 0 Å². The highest BCUT2D eigenvalue weighted by molar-refractivity contribution is 7.09. The predicted octanol–water partition coefficient (Wildman–Crippen LogP) is 1.86. The van der Waals surface area contributed by atoms with E-state index >= 15 is 0 Å². The Bertz CT molecular complexity index is 873. The molecule has 30 heavy (non-hydrogen) atoms. The Balaban J connectivity index is 1.41. The number of allylic oxidation sites excluding steroid dienone is 2.